The molecule has 0 N–H and O–H groups in total. The predicted molar refractivity (Wildman–Crippen MR) is 68.6 cm³/mol. The lowest BCUT2D eigenvalue weighted by atomic mass is 10.1. The molecule has 0 saturated carbocycles. The molecule has 0 spiro atoms. The lowest BCUT2D eigenvalue weighted by Crippen LogP contribution is -1.90. The zero-order valence-electron chi connectivity index (χ0n) is 9.32. The second kappa shape index (κ2) is 4.74. The first-order chi connectivity index (χ1) is 8.15. The zero-order chi connectivity index (χ0) is 12.4. The Kier molecular flexibility index (Phi) is 3.32. The Morgan fingerprint density at radius 2 is 2.24 bits per heavy atom. The van der Waals surface area contributed by atoms with Gasteiger partial charge in [-0.2, -0.15) is 5.26 Å². The summed E-state index contributed by atoms with van der Waals surface area (Å²) in [5.74, 6) is 0.714. The molecule has 0 saturated heterocycles. The minimum absolute atomic E-state index is 0.406. The summed E-state index contributed by atoms with van der Waals surface area (Å²) in [5.41, 5.74) is 2.17. The normalized spacial score (nSPS) is 10.0. The van der Waals surface area contributed by atoms with Crippen LogP contribution in [0, 0.1) is 18.3 Å². The number of nitriles is 1. The van der Waals surface area contributed by atoms with Gasteiger partial charge in [0.05, 0.1) is 12.7 Å². The van der Waals surface area contributed by atoms with Gasteiger partial charge < -0.3 is 4.74 Å². The van der Waals surface area contributed by atoms with E-state index in [0.29, 0.717) is 16.5 Å². The third-order valence-corrected chi connectivity index (χ3v) is 3.61. The number of methoxy groups -OCH3 is 1. The number of aromatic nitrogens is 1. The highest BCUT2D eigenvalue weighted by Crippen LogP contribution is 2.36. The van der Waals surface area contributed by atoms with Crippen molar-refractivity contribution in [3.8, 4) is 22.4 Å². The van der Waals surface area contributed by atoms with E-state index in [9.17, 15) is 0 Å². The molecular weight excluding hydrogens is 256 g/mol. The minimum atomic E-state index is 0.406. The number of nitrogens with zero attached hydrogens (tertiary/aromatic N) is 2. The molecule has 2 rings (SSSR count). The Morgan fingerprint density at radius 3 is 2.82 bits per heavy atom. The van der Waals surface area contributed by atoms with E-state index in [0.717, 1.165) is 16.1 Å². The molecule has 17 heavy (non-hydrogen) atoms. The van der Waals surface area contributed by atoms with Crippen LogP contribution in [-0.2, 0) is 0 Å². The SMILES string of the molecule is COc1cc(C)c(Cl)cc1-c1nc(C#N)cs1. The van der Waals surface area contributed by atoms with Crippen molar-refractivity contribution in [3.63, 3.8) is 0 Å². The van der Waals surface area contributed by atoms with E-state index in [2.05, 4.69) is 4.98 Å². The van der Waals surface area contributed by atoms with E-state index >= 15 is 0 Å². The summed E-state index contributed by atoms with van der Waals surface area (Å²) in [5, 5.41) is 11.9. The average molecular weight is 265 g/mol. The first-order valence-corrected chi connectivity index (χ1v) is 6.11. The maximum Gasteiger partial charge on any atom is 0.152 e. The fraction of sp³-hybridized carbons (Fsp3) is 0.167. The summed E-state index contributed by atoms with van der Waals surface area (Å²) < 4.78 is 5.30. The van der Waals surface area contributed by atoms with Crippen LogP contribution in [0.1, 0.15) is 11.3 Å². The first-order valence-electron chi connectivity index (χ1n) is 4.86. The van der Waals surface area contributed by atoms with Gasteiger partial charge in [-0.05, 0) is 24.6 Å². The first kappa shape index (κ1) is 11.9. The van der Waals surface area contributed by atoms with Crippen LogP contribution in [0.2, 0.25) is 5.02 Å². The predicted octanol–water partition coefficient (Wildman–Crippen LogP) is 3.65. The van der Waals surface area contributed by atoms with Crippen LogP contribution in [0.4, 0.5) is 0 Å². The van der Waals surface area contributed by atoms with Crippen molar-refractivity contribution in [2.75, 3.05) is 7.11 Å². The molecule has 0 atom stereocenters. The molecule has 0 aliphatic heterocycles. The minimum Gasteiger partial charge on any atom is -0.496 e. The summed E-state index contributed by atoms with van der Waals surface area (Å²) >= 11 is 7.49. The van der Waals surface area contributed by atoms with Crippen molar-refractivity contribution < 1.29 is 4.74 Å². The largest absolute Gasteiger partial charge is 0.496 e. The van der Waals surface area contributed by atoms with Gasteiger partial charge >= 0.3 is 0 Å². The Labute approximate surface area is 108 Å². The van der Waals surface area contributed by atoms with Gasteiger partial charge in [-0.25, -0.2) is 4.98 Å². The molecule has 0 fully saturated rings. The Hall–Kier alpha value is -1.57. The van der Waals surface area contributed by atoms with E-state index in [1.165, 1.54) is 11.3 Å². The molecular formula is C12H9ClN2OS. The maximum atomic E-state index is 8.76. The summed E-state index contributed by atoms with van der Waals surface area (Å²) in [6, 6.07) is 5.69. The van der Waals surface area contributed by atoms with E-state index < -0.39 is 0 Å². The second-order valence-corrected chi connectivity index (χ2v) is 4.72. The zero-order valence-corrected chi connectivity index (χ0v) is 10.9. The van der Waals surface area contributed by atoms with Gasteiger partial charge in [-0.3, -0.25) is 0 Å². The van der Waals surface area contributed by atoms with Crippen molar-refractivity contribution >= 4 is 22.9 Å². The third kappa shape index (κ3) is 2.26. The topological polar surface area (TPSA) is 45.9 Å². The summed E-state index contributed by atoms with van der Waals surface area (Å²) in [6.07, 6.45) is 0. The Bertz CT molecular complexity index is 601. The van der Waals surface area contributed by atoms with Crippen molar-refractivity contribution in [1.29, 1.82) is 5.26 Å². The highest BCUT2D eigenvalue weighted by Gasteiger charge is 2.12. The second-order valence-electron chi connectivity index (χ2n) is 3.45. The molecule has 0 amide bonds. The number of hydrogen-bond acceptors (Lipinski definition) is 4. The van der Waals surface area contributed by atoms with Crippen LogP contribution in [0.15, 0.2) is 17.5 Å². The molecule has 86 valence electrons. The molecule has 1 aromatic carbocycles. The van der Waals surface area contributed by atoms with E-state index in [1.54, 1.807) is 12.5 Å². The highest BCUT2D eigenvalue weighted by atomic mass is 35.5. The van der Waals surface area contributed by atoms with Gasteiger partial charge in [0, 0.05) is 10.4 Å². The summed E-state index contributed by atoms with van der Waals surface area (Å²) in [6.45, 7) is 1.91. The van der Waals surface area contributed by atoms with Crippen LogP contribution in [0.5, 0.6) is 5.75 Å². The number of rotatable bonds is 2. The molecule has 3 nitrogen and oxygen atoms in total. The molecule has 0 bridgehead atoms. The third-order valence-electron chi connectivity index (χ3n) is 2.33. The quantitative estimate of drug-likeness (QED) is 0.832. The molecule has 1 heterocycles. The number of aryl methyl sites for hydroxylation is 1. The van der Waals surface area contributed by atoms with Crippen molar-refractivity contribution in [3.05, 3.63) is 33.8 Å². The fourth-order valence-electron chi connectivity index (χ4n) is 1.44. The molecule has 0 aliphatic carbocycles. The van der Waals surface area contributed by atoms with Gasteiger partial charge in [0.2, 0.25) is 0 Å². The lowest BCUT2D eigenvalue weighted by molar-refractivity contribution is 0.416. The number of halogens is 1. The highest BCUT2D eigenvalue weighted by molar-refractivity contribution is 7.13. The number of benzene rings is 1. The molecule has 2 aromatic rings. The molecule has 0 unspecified atom stereocenters. The van der Waals surface area contributed by atoms with Crippen molar-refractivity contribution in [2.45, 2.75) is 6.92 Å². The number of thiazole rings is 1. The molecule has 1 aromatic heterocycles. The molecule has 0 radical (unpaired) electrons. The monoisotopic (exact) mass is 264 g/mol. The number of hydrogen-bond donors (Lipinski definition) is 0. The van der Waals surface area contributed by atoms with Crippen LogP contribution < -0.4 is 4.74 Å². The van der Waals surface area contributed by atoms with Crippen LogP contribution in [-0.4, -0.2) is 12.1 Å². The Morgan fingerprint density at radius 1 is 1.47 bits per heavy atom. The van der Waals surface area contributed by atoms with Crippen LogP contribution in [0.25, 0.3) is 10.6 Å². The molecule has 5 heteroatoms. The van der Waals surface area contributed by atoms with Crippen LogP contribution in [0.3, 0.4) is 0 Å². The molecule has 0 aliphatic rings. The summed E-state index contributed by atoms with van der Waals surface area (Å²) in [4.78, 5) is 4.20. The van der Waals surface area contributed by atoms with Gasteiger partial charge in [0.25, 0.3) is 0 Å². The fourth-order valence-corrected chi connectivity index (χ4v) is 2.37. The summed E-state index contributed by atoms with van der Waals surface area (Å²) in [7, 11) is 1.60. The van der Waals surface area contributed by atoms with Crippen molar-refractivity contribution in [1.82, 2.24) is 4.98 Å². The van der Waals surface area contributed by atoms with Gasteiger partial charge in [-0.1, -0.05) is 11.6 Å². The van der Waals surface area contributed by atoms with Gasteiger partial charge in [-0.15, -0.1) is 11.3 Å². The van der Waals surface area contributed by atoms with E-state index in [1.807, 2.05) is 25.1 Å². The van der Waals surface area contributed by atoms with Gasteiger partial charge in [0.1, 0.15) is 16.8 Å². The van der Waals surface area contributed by atoms with E-state index in [4.69, 9.17) is 21.6 Å². The van der Waals surface area contributed by atoms with E-state index in [-0.39, 0.29) is 0 Å². The standard InChI is InChI=1S/C12H9ClN2OS/c1-7-3-11(16-2)9(4-10(7)13)12-15-8(5-14)6-17-12/h3-4,6H,1-2H3. The number of ether oxygens (including phenoxy) is 1. The smallest absolute Gasteiger partial charge is 0.152 e. The maximum absolute atomic E-state index is 8.76. The van der Waals surface area contributed by atoms with Gasteiger partial charge in [0.15, 0.2) is 5.69 Å². The van der Waals surface area contributed by atoms with Crippen LogP contribution >= 0.6 is 22.9 Å². The Balaban J connectivity index is 2.58. The lowest BCUT2D eigenvalue weighted by Gasteiger charge is -2.08. The average Bonchev–Trinajstić information content (AvgIpc) is 2.80. The van der Waals surface area contributed by atoms with Crippen molar-refractivity contribution in [2.24, 2.45) is 0 Å².